The number of benzene rings is 2. The van der Waals surface area contributed by atoms with E-state index in [-0.39, 0.29) is 36.6 Å². The van der Waals surface area contributed by atoms with E-state index in [0.717, 1.165) is 0 Å². The summed E-state index contributed by atoms with van der Waals surface area (Å²) in [5.41, 5.74) is 2.87. The molecule has 0 unspecified atom stereocenters. The third-order valence-electron chi connectivity index (χ3n) is 6.50. The van der Waals surface area contributed by atoms with Crippen LogP contribution in [0.1, 0.15) is 33.6 Å². The lowest BCUT2D eigenvalue weighted by atomic mass is 9.93. The summed E-state index contributed by atoms with van der Waals surface area (Å²) < 4.78 is 37.1. The van der Waals surface area contributed by atoms with E-state index in [0.29, 0.717) is 45.2 Å². The predicted molar refractivity (Wildman–Crippen MR) is 137 cm³/mol. The van der Waals surface area contributed by atoms with Crippen LogP contribution in [0.15, 0.2) is 48.8 Å². The molecule has 2 aromatic heterocycles. The fourth-order valence-corrected chi connectivity index (χ4v) is 4.57. The van der Waals surface area contributed by atoms with Gasteiger partial charge < -0.3 is 19.2 Å². The maximum absolute atomic E-state index is 15.1. The number of carbonyl (C=O) groups excluding carboxylic acids is 2. The molecule has 1 N–H and O–H groups in total. The lowest BCUT2D eigenvalue weighted by molar-refractivity contribution is -0.113. The molecule has 0 fully saturated rings. The molecule has 4 aromatic rings. The number of hydrogen-bond donors (Lipinski definition) is 1. The van der Waals surface area contributed by atoms with E-state index in [4.69, 9.17) is 4.74 Å². The molecular weight excluding hydrogens is 478 g/mol. The first kappa shape index (κ1) is 24.6. The minimum Gasteiger partial charge on any atom is -0.460 e. The largest absolute Gasteiger partial charge is 0.460 e. The van der Waals surface area contributed by atoms with Crippen molar-refractivity contribution in [3.8, 4) is 0 Å². The number of ether oxygens (including phenoxy) is 1. The fourth-order valence-electron chi connectivity index (χ4n) is 4.57. The minimum absolute atomic E-state index is 0.0813. The number of likely N-dealkylation sites (N-methyl/N-ethyl adjacent to an activating group) is 1. The Morgan fingerprint density at radius 1 is 1.19 bits per heavy atom. The van der Waals surface area contributed by atoms with Crippen molar-refractivity contribution >= 4 is 39.3 Å². The van der Waals surface area contributed by atoms with E-state index < -0.39 is 17.6 Å². The quantitative estimate of drug-likeness (QED) is 0.367. The number of aryl methyl sites for hydroxylation is 1. The third kappa shape index (κ3) is 4.58. The van der Waals surface area contributed by atoms with Gasteiger partial charge >= 0.3 is 5.97 Å². The second kappa shape index (κ2) is 9.74. The van der Waals surface area contributed by atoms with E-state index in [1.807, 2.05) is 19.0 Å². The summed E-state index contributed by atoms with van der Waals surface area (Å²) in [7, 11) is 3.71. The van der Waals surface area contributed by atoms with Gasteiger partial charge in [0.25, 0.3) is 0 Å². The van der Waals surface area contributed by atoms with Crippen molar-refractivity contribution in [2.24, 2.45) is 0 Å². The van der Waals surface area contributed by atoms with Crippen LogP contribution >= 0.6 is 0 Å². The van der Waals surface area contributed by atoms with Crippen molar-refractivity contribution in [3.63, 3.8) is 0 Å². The van der Waals surface area contributed by atoms with Crippen LogP contribution in [0.5, 0.6) is 0 Å². The van der Waals surface area contributed by atoms with Crippen molar-refractivity contribution in [1.82, 2.24) is 19.4 Å². The molecule has 2 aromatic carbocycles. The molecule has 37 heavy (non-hydrogen) atoms. The number of ketones is 1. The first-order valence-corrected chi connectivity index (χ1v) is 11.9. The zero-order valence-electron chi connectivity index (χ0n) is 20.8. The van der Waals surface area contributed by atoms with E-state index in [1.54, 1.807) is 37.3 Å². The third-order valence-corrected chi connectivity index (χ3v) is 6.50. The summed E-state index contributed by atoms with van der Waals surface area (Å²) in [6, 6.07) is 5.86. The van der Waals surface area contributed by atoms with E-state index in [9.17, 15) is 14.0 Å². The van der Waals surface area contributed by atoms with E-state index in [1.165, 1.54) is 23.0 Å². The molecule has 0 atom stereocenters. The summed E-state index contributed by atoms with van der Waals surface area (Å²) in [4.78, 5) is 35.5. The van der Waals surface area contributed by atoms with Crippen LogP contribution in [-0.4, -0.2) is 58.4 Å². The molecule has 1 aliphatic rings. The number of nitrogens with zero attached hydrogens (tertiary/aromatic N) is 3. The number of hydrogen-bond acceptors (Lipinski definition) is 5. The molecule has 2 heterocycles. The van der Waals surface area contributed by atoms with Gasteiger partial charge in [0.2, 0.25) is 0 Å². The Labute approximate surface area is 212 Å². The molecular formula is C28H26F2N4O3. The topological polar surface area (TPSA) is 80.2 Å². The highest BCUT2D eigenvalue weighted by Crippen LogP contribution is 2.37. The molecule has 190 valence electrons. The summed E-state index contributed by atoms with van der Waals surface area (Å²) in [5, 5.41) is 0.524. The Morgan fingerprint density at radius 2 is 2.00 bits per heavy atom. The van der Waals surface area contributed by atoms with Crippen LogP contribution < -0.4 is 0 Å². The summed E-state index contributed by atoms with van der Waals surface area (Å²) in [5.74, 6) is -1.83. The Kier molecular flexibility index (Phi) is 6.47. The zero-order chi connectivity index (χ0) is 26.3. The number of nitrogens with one attached hydrogen (secondary N) is 1. The Morgan fingerprint density at radius 3 is 2.76 bits per heavy atom. The molecule has 5 rings (SSSR count). The van der Waals surface area contributed by atoms with Gasteiger partial charge in [-0.15, -0.1) is 0 Å². The number of esters is 1. The van der Waals surface area contributed by atoms with Crippen LogP contribution in [0, 0.1) is 18.6 Å². The molecule has 0 bridgehead atoms. The summed E-state index contributed by atoms with van der Waals surface area (Å²) in [6.45, 7) is 2.13. The maximum Gasteiger partial charge on any atom is 0.355 e. The summed E-state index contributed by atoms with van der Waals surface area (Å²) in [6.07, 6.45) is 6.79. The van der Waals surface area contributed by atoms with Gasteiger partial charge in [0.15, 0.2) is 5.78 Å². The molecule has 0 saturated carbocycles. The standard InChI is InChI=1S/C28H26F2N4O3/c1-16-10-19-24(13-20(16)29)34(14-17-11-22-23(12-21(17)30)32-15-31-22)27(28(36)37-9-8-33(2)3)26(19)18-6-4-5-7-25(18)35/h4-6,10-13,15H,7-9,14H2,1-3H3,(H,31,32). The summed E-state index contributed by atoms with van der Waals surface area (Å²) >= 11 is 0. The van der Waals surface area contributed by atoms with E-state index >= 15 is 4.39 Å². The van der Waals surface area contributed by atoms with Crippen molar-refractivity contribution in [3.05, 3.63) is 82.8 Å². The highest BCUT2D eigenvalue weighted by molar-refractivity contribution is 6.27. The molecule has 7 nitrogen and oxygen atoms in total. The number of aromatic amines is 1. The molecule has 0 aliphatic heterocycles. The van der Waals surface area contributed by atoms with Gasteiger partial charge in [-0.3, -0.25) is 4.79 Å². The lowest BCUT2D eigenvalue weighted by Crippen LogP contribution is -2.22. The normalized spacial score (nSPS) is 13.7. The van der Waals surface area contributed by atoms with Gasteiger partial charge in [0, 0.05) is 41.1 Å². The van der Waals surface area contributed by atoms with Gasteiger partial charge in [0.05, 0.1) is 29.4 Å². The predicted octanol–water partition coefficient (Wildman–Crippen LogP) is 4.78. The van der Waals surface area contributed by atoms with Crippen molar-refractivity contribution in [2.75, 3.05) is 27.2 Å². The number of rotatable bonds is 7. The number of Topliss-reactive ketones (excluding diaryl/α,β-unsaturated/α-hetero) is 1. The van der Waals surface area contributed by atoms with Gasteiger partial charge in [-0.1, -0.05) is 18.2 Å². The highest BCUT2D eigenvalue weighted by Gasteiger charge is 2.30. The Balaban J connectivity index is 1.76. The number of allylic oxidation sites excluding steroid dienone is 4. The average Bonchev–Trinajstić information content (AvgIpc) is 3.42. The molecule has 9 heteroatoms. The number of H-pyrrole nitrogens is 1. The highest BCUT2D eigenvalue weighted by atomic mass is 19.1. The van der Waals surface area contributed by atoms with Gasteiger partial charge in [-0.25, -0.2) is 18.6 Å². The molecule has 0 saturated heterocycles. The fraction of sp³-hybridized carbons (Fsp3) is 0.250. The van der Waals surface area contributed by atoms with Crippen LogP contribution in [0.4, 0.5) is 8.78 Å². The monoisotopic (exact) mass is 504 g/mol. The Bertz CT molecular complexity index is 1610. The van der Waals surface area contributed by atoms with Crippen LogP contribution in [0.3, 0.4) is 0 Å². The number of halogens is 2. The maximum atomic E-state index is 15.1. The number of fused-ring (bicyclic) bond motifs is 2. The van der Waals surface area contributed by atoms with Gasteiger partial charge in [-0.05, 0) is 44.8 Å². The van der Waals surface area contributed by atoms with Crippen LogP contribution in [0.25, 0.3) is 27.5 Å². The smallest absolute Gasteiger partial charge is 0.355 e. The van der Waals surface area contributed by atoms with Crippen molar-refractivity contribution in [2.45, 2.75) is 19.9 Å². The average molecular weight is 505 g/mol. The second-order valence-corrected chi connectivity index (χ2v) is 9.37. The van der Waals surface area contributed by atoms with Crippen molar-refractivity contribution < 1.29 is 23.1 Å². The van der Waals surface area contributed by atoms with E-state index in [2.05, 4.69) is 9.97 Å². The Hall–Kier alpha value is -4.11. The van der Waals surface area contributed by atoms with Crippen LogP contribution in [0.2, 0.25) is 0 Å². The molecule has 0 amide bonds. The van der Waals surface area contributed by atoms with Crippen LogP contribution in [-0.2, 0) is 16.1 Å². The zero-order valence-corrected chi connectivity index (χ0v) is 20.8. The second-order valence-electron chi connectivity index (χ2n) is 9.37. The first-order chi connectivity index (χ1) is 17.7. The first-order valence-electron chi connectivity index (χ1n) is 11.9. The van der Waals surface area contributed by atoms with Crippen molar-refractivity contribution in [1.29, 1.82) is 0 Å². The lowest BCUT2D eigenvalue weighted by Gasteiger charge is -2.15. The SMILES string of the molecule is Cc1cc2c(C3=CC=CCC3=O)c(C(=O)OCCN(C)C)n(Cc3cc4[nH]cnc4cc3F)c2cc1F. The molecule has 0 radical (unpaired) electrons. The van der Waals surface area contributed by atoms with Gasteiger partial charge in [0.1, 0.15) is 23.9 Å². The molecule has 0 spiro atoms. The number of imidazole rings is 1. The number of aromatic nitrogens is 3. The number of carbonyl (C=O) groups is 2. The molecule has 1 aliphatic carbocycles. The van der Waals surface area contributed by atoms with Gasteiger partial charge in [-0.2, -0.15) is 0 Å². The minimum atomic E-state index is -0.669.